The molecule has 1 aromatic heterocycles. The number of fused-ring (bicyclic) bond motifs is 1. The second-order valence-corrected chi connectivity index (χ2v) is 5.57. The molecule has 0 spiro atoms. The number of hydrogen-bond donors (Lipinski definition) is 1. The number of nitrogen functional groups attached to an aromatic ring is 1. The van der Waals surface area contributed by atoms with Gasteiger partial charge < -0.3 is 10.5 Å². The van der Waals surface area contributed by atoms with Crippen LogP contribution in [0.2, 0.25) is 5.02 Å². The van der Waals surface area contributed by atoms with Crippen molar-refractivity contribution in [2.75, 3.05) is 19.5 Å². The van der Waals surface area contributed by atoms with Crippen LogP contribution >= 0.6 is 11.6 Å². The highest BCUT2D eigenvalue weighted by Crippen LogP contribution is 2.47. The van der Waals surface area contributed by atoms with Crippen LogP contribution in [0.25, 0.3) is 10.9 Å². The van der Waals surface area contributed by atoms with Gasteiger partial charge in [-0.1, -0.05) is 11.6 Å². The number of methoxy groups -OCH3 is 1. The first-order valence-corrected chi connectivity index (χ1v) is 6.41. The third kappa shape index (κ3) is 1.95. The number of aromatic nitrogens is 2. The molecule has 0 radical (unpaired) electrons. The molecule has 0 amide bonds. The molecule has 0 atom stereocenters. The maximum Gasteiger partial charge on any atom is 0.0699 e. The maximum absolute atomic E-state index is 6.07. The van der Waals surface area contributed by atoms with E-state index in [4.69, 9.17) is 22.1 Å². The summed E-state index contributed by atoms with van der Waals surface area (Å²) in [5.41, 5.74) is 7.70. The Labute approximate surface area is 111 Å². The van der Waals surface area contributed by atoms with Gasteiger partial charge >= 0.3 is 0 Å². The van der Waals surface area contributed by atoms with Gasteiger partial charge in [0.25, 0.3) is 0 Å². The molecule has 0 aliphatic heterocycles. The molecule has 2 aromatic rings. The molecule has 4 nitrogen and oxygen atoms in total. The van der Waals surface area contributed by atoms with E-state index in [1.165, 1.54) is 12.8 Å². The van der Waals surface area contributed by atoms with E-state index in [0.29, 0.717) is 10.7 Å². The predicted molar refractivity (Wildman–Crippen MR) is 72.7 cm³/mol. The first-order valence-electron chi connectivity index (χ1n) is 6.03. The molecule has 1 fully saturated rings. The van der Waals surface area contributed by atoms with Crippen LogP contribution in [0, 0.1) is 5.41 Å². The molecule has 1 heterocycles. The average Bonchev–Trinajstić information content (AvgIpc) is 2.99. The van der Waals surface area contributed by atoms with Gasteiger partial charge in [-0.25, -0.2) is 0 Å². The molecule has 0 unspecified atom stereocenters. The molecule has 5 heteroatoms. The Morgan fingerprint density at radius 1 is 1.50 bits per heavy atom. The SMILES string of the molecule is COCC1(Cn2ncc3cc(N)c(Cl)cc32)CC1. The number of hydrogen-bond acceptors (Lipinski definition) is 3. The van der Waals surface area contributed by atoms with Crippen LogP contribution in [-0.2, 0) is 11.3 Å². The van der Waals surface area contributed by atoms with Gasteiger partial charge in [0.05, 0.1) is 29.0 Å². The summed E-state index contributed by atoms with van der Waals surface area (Å²) in [4.78, 5) is 0. The lowest BCUT2D eigenvalue weighted by Crippen LogP contribution is -2.17. The van der Waals surface area contributed by atoms with Gasteiger partial charge in [-0.05, 0) is 25.0 Å². The van der Waals surface area contributed by atoms with E-state index in [9.17, 15) is 0 Å². The van der Waals surface area contributed by atoms with Crippen molar-refractivity contribution in [2.45, 2.75) is 19.4 Å². The number of halogens is 1. The Kier molecular flexibility index (Phi) is 2.72. The van der Waals surface area contributed by atoms with E-state index in [2.05, 4.69) is 5.10 Å². The smallest absolute Gasteiger partial charge is 0.0699 e. The van der Waals surface area contributed by atoms with E-state index < -0.39 is 0 Å². The molecule has 3 rings (SSSR count). The lowest BCUT2D eigenvalue weighted by molar-refractivity contribution is 0.129. The zero-order valence-corrected chi connectivity index (χ0v) is 11.1. The normalized spacial score (nSPS) is 17.2. The standard InChI is InChI=1S/C13H16ClN3O/c1-18-8-13(2-3-13)7-17-12-5-10(14)11(15)4-9(12)6-16-17/h4-6H,2-3,7-8,15H2,1H3. The van der Waals surface area contributed by atoms with Crippen LogP contribution in [-0.4, -0.2) is 23.5 Å². The summed E-state index contributed by atoms with van der Waals surface area (Å²) in [6.45, 7) is 1.67. The van der Waals surface area contributed by atoms with E-state index in [1.807, 2.05) is 23.0 Å². The number of nitrogens with two attached hydrogens (primary N) is 1. The predicted octanol–water partition coefficient (Wildman–Crippen LogP) is 2.70. The number of benzene rings is 1. The van der Waals surface area contributed by atoms with Crippen molar-refractivity contribution >= 4 is 28.2 Å². The lowest BCUT2D eigenvalue weighted by Gasteiger charge is -2.14. The van der Waals surface area contributed by atoms with Gasteiger partial charge in [-0.3, -0.25) is 4.68 Å². The third-order valence-electron chi connectivity index (χ3n) is 3.65. The van der Waals surface area contributed by atoms with Crippen LogP contribution in [0.1, 0.15) is 12.8 Å². The maximum atomic E-state index is 6.07. The van der Waals surface area contributed by atoms with Crippen molar-refractivity contribution in [1.82, 2.24) is 9.78 Å². The van der Waals surface area contributed by atoms with Gasteiger partial charge in [-0.15, -0.1) is 0 Å². The zero-order valence-electron chi connectivity index (χ0n) is 10.3. The second kappa shape index (κ2) is 4.14. The van der Waals surface area contributed by atoms with Crippen molar-refractivity contribution in [2.24, 2.45) is 5.41 Å². The number of anilines is 1. The monoisotopic (exact) mass is 265 g/mol. The Hall–Kier alpha value is -1.26. The fourth-order valence-electron chi connectivity index (χ4n) is 2.39. The van der Waals surface area contributed by atoms with Crippen LogP contribution in [0.5, 0.6) is 0 Å². The zero-order chi connectivity index (χ0) is 12.8. The van der Waals surface area contributed by atoms with E-state index in [1.54, 1.807) is 7.11 Å². The first-order chi connectivity index (χ1) is 8.63. The first kappa shape index (κ1) is 11.8. The van der Waals surface area contributed by atoms with Crippen molar-refractivity contribution in [3.05, 3.63) is 23.4 Å². The topological polar surface area (TPSA) is 53.1 Å². The Morgan fingerprint density at radius 2 is 2.28 bits per heavy atom. The van der Waals surface area contributed by atoms with Crippen molar-refractivity contribution in [3.8, 4) is 0 Å². The number of ether oxygens (including phenoxy) is 1. The van der Waals surface area contributed by atoms with Gasteiger partial charge in [0.1, 0.15) is 0 Å². The van der Waals surface area contributed by atoms with Gasteiger partial charge in [-0.2, -0.15) is 5.10 Å². The molecule has 1 saturated carbocycles. The van der Waals surface area contributed by atoms with Crippen LogP contribution in [0.3, 0.4) is 0 Å². The number of nitrogens with zero attached hydrogens (tertiary/aromatic N) is 2. The highest BCUT2D eigenvalue weighted by molar-refractivity contribution is 6.33. The van der Waals surface area contributed by atoms with Crippen LogP contribution in [0.15, 0.2) is 18.3 Å². The Bertz CT molecular complexity index is 589. The summed E-state index contributed by atoms with van der Waals surface area (Å²) in [6, 6.07) is 3.76. The highest BCUT2D eigenvalue weighted by atomic mass is 35.5. The molecule has 2 N–H and O–H groups in total. The molecular formula is C13H16ClN3O. The molecule has 1 aromatic carbocycles. The largest absolute Gasteiger partial charge is 0.398 e. The summed E-state index contributed by atoms with van der Waals surface area (Å²) >= 11 is 6.07. The quantitative estimate of drug-likeness (QED) is 0.865. The van der Waals surface area contributed by atoms with E-state index in [-0.39, 0.29) is 5.41 Å². The minimum atomic E-state index is 0.265. The van der Waals surface area contributed by atoms with Gasteiger partial charge in [0, 0.05) is 24.5 Å². The molecule has 0 saturated heterocycles. The summed E-state index contributed by atoms with van der Waals surface area (Å²) in [6.07, 6.45) is 4.24. The minimum absolute atomic E-state index is 0.265. The van der Waals surface area contributed by atoms with Gasteiger partial charge in [0.15, 0.2) is 0 Å². The van der Waals surface area contributed by atoms with Crippen LogP contribution < -0.4 is 5.73 Å². The fourth-order valence-corrected chi connectivity index (χ4v) is 2.55. The lowest BCUT2D eigenvalue weighted by atomic mass is 10.1. The third-order valence-corrected chi connectivity index (χ3v) is 3.98. The molecule has 1 aliphatic carbocycles. The number of rotatable bonds is 4. The van der Waals surface area contributed by atoms with Crippen molar-refractivity contribution in [1.29, 1.82) is 0 Å². The molecule has 96 valence electrons. The average molecular weight is 266 g/mol. The Morgan fingerprint density at radius 3 is 2.94 bits per heavy atom. The summed E-state index contributed by atoms with van der Waals surface area (Å²) in [5.74, 6) is 0. The molecule has 0 bridgehead atoms. The molecule has 1 aliphatic rings. The van der Waals surface area contributed by atoms with E-state index >= 15 is 0 Å². The van der Waals surface area contributed by atoms with Crippen LogP contribution in [0.4, 0.5) is 5.69 Å². The summed E-state index contributed by atoms with van der Waals surface area (Å²) < 4.78 is 7.29. The van der Waals surface area contributed by atoms with E-state index in [0.717, 1.165) is 24.1 Å². The van der Waals surface area contributed by atoms with Gasteiger partial charge in [0.2, 0.25) is 0 Å². The minimum Gasteiger partial charge on any atom is -0.398 e. The summed E-state index contributed by atoms with van der Waals surface area (Å²) in [7, 11) is 1.75. The molecular weight excluding hydrogens is 250 g/mol. The summed E-state index contributed by atoms with van der Waals surface area (Å²) in [5, 5.41) is 6.05. The highest BCUT2D eigenvalue weighted by Gasteiger charge is 2.43. The second-order valence-electron chi connectivity index (χ2n) is 5.17. The fraction of sp³-hybridized carbons (Fsp3) is 0.462. The Balaban J connectivity index is 1.95. The molecule has 18 heavy (non-hydrogen) atoms. The van der Waals surface area contributed by atoms with Crippen molar-refractivity contribution in [3.63, 3.8) is 0 Å². The van der Waals surface area contributed by atoms with Crippen molar-refractivity contribution < 1.29 is 4.74 Å².